The summed E-state index contributed by atoms with van der Waals surface area (Å²) in [4.78, 5) is 11.6. The molecule has 0 atom stereocenters. The first kappa shape index (κ1) is 12.5. The highest BCUT2D eigenvalue weighted by molar-refractivity contribution is 9.10. The van der Waals surface area contributed by atoms with Gasteiger partial charge in [-0.05, 0) is 38.5 Å². The summed E-state index contributed by atoms with van der Waals surface area (Å²) in [5, 5.41) is 3.43. The van der Waals surface area contributed by atoms with Crippen molar-refractivity contribution in [2.75, 3.05) is 5.32 Å². The summed E-state index contributed by atoms with van der Waals surface area (Å²) < 4.78 is -0.579. The molecule has 15 heavy (non-hydrogen) atoms. The number of benzene rings is 1. The highest BCUT2D eigenvalue weighted by Gasteiger charge is 2.23. The fourth-order valence-electron chi connectivity index (χ4n) is 0.950. The smallest absolute Gasteiger partial charge is 0.240 e. The van der Waals surface area contributed by atoms with Crippen molar-refractivity contribution in [3.63, 3.8) is 0 Å². The number of halogens is 2. The number of rotatable bonds is 2. The van der Waals surface area contributed by atoms with Gasteiger partial charge in [-0.25, -0.2) is 0 Å². The van der Waals surface area contributed by atoms with E-state index in [9.17, 15) is 4.79 Å². The Morgan fingerprint density at radius 3 is 2.53 bits per heavy atom. The minimum Gasteiger partial charge on any atom is -0.325 e. The van der Waals surface area contributed by atoms with Gasteiger partial charge in [0.05, 0.1) is 4.32 Å². The summed E-state index contributed by atoms with van der Waals surface area (Å²) >= 11 is 9.24. The second-order valence-electron chi connectivity index (χ2n) is 3.89. The highest BCUT2D eigenvalue weighted by Crippen LogP contribution is 2.22. The molecule has 0 aromatic heterocycles. The van der Waals surface area contributed by atoms with Gasteiger partial charge in [-0.2, -0.15) is 0 Å². The second-order valence-corrected chi connectivity index (χ2v) is 6.28. The lowest BCUT2D eigenvalue weighted by Gasteiger charge is -2.16. The van der Waals surface area contributed by atoms with E-state index in [1.165, 1.54) is 0 Å². The zero-order chi connectivity index (χ0) is 11.6. The summed E-state index contributed by atoms with van der Waals surface area (Å²) in [6, 6.07) is 5.45. The van der Waals surface area contributed by atoms with Gasteiger partial charge >= 0.3 is 0 Å². The predicted octanol–water partition coefficient (Wildman–Crippen LogP) is 3.76. The van der Waals surface area contributed by atoms with Crippen LogP contribution in [0.25, 0.3) is 0 Å². The summed E-state index contributed by atoms with van der Waals surface area (Å²) in [6.07, 6.45) is 0. The Balaban J connectivity index is 2.83. The molecule has 0 heterocycles. The van der Waals surface area contributed by atoms with Gasteiger partial charge in [-0.1, -0.05) is 33.6 Å². The van der Waals surface area contributed by atoms with Crippen molar-refractivity contribution in [3.8, 4) is 0 Å². The van der Waals surface area contributed by atoms with E-state index in [4.69, 9.17) is 11.6 Å². The topological polar surface area (TPSA) is 29.1 Å². The molecule has 1 aromatic rings. The Bertz CT molecular complexity index is 385. The fraction of sp³-hybridized carbons (Fsp3) is 0.364. The minimum atomic E-state index is -0.579. The Hall–Kier alpha value is -0.540. The molecule has 0 unspecified atom stereocenters. The normalized spacial score (nSPS) is 11.3. The zero-order valence-electron chi connectivity index (χ0n) is 8.90. The lowest BCUT2D eigenvalue weighted by Crippen LogP contribution is -2.30. The number of nitrogens with one attached hydrogen (secondary N) is 1. The molecule has 4 heteroatoms. The van der Waals surface area contributed by atoms with E-state index in [0.29, 0.717) is 10.7 Å². The van der Waals surface area contributed by atoms with Crippen molar-refractivity contribution in [2.45, 2.75) is 25.1 Å². The van der Waals surface area contributed by atoms with E-state index < -0.39 is 4.32 Å². The number of anilines is 1. The molecule has 0 saturated carbocycles. The van der Waals surface area contributed by atoms with Gasteiger partial charge in [0.1, 0.15) is 0 Å². The standard InChI is InChI=1S/C11H13BrClNO/c1-7-4-5-8(6-9(7)13)14-10(15)11(2,3)12/h4-6H,1-3H3,(H,14,15). The van der Waals surface area contributed by atoms with Crippen molar-refractivity contribution in [1.29, 1.82) is 0 Å². The number of carbonyl (C=O) groups is 1. The van der Waals surface area contributed by atoms with Crippen LogP contribution >= 0.6 is 27.5 Å². The van der Waals surface area contributed by atoms with E-state index in [0.717, 1.165) is 5.56 Å². The first-order valence-electron chi connectivity index (χ1n) is 4.57. The lowest BCUT2D eigenvalue weighted by molar-refractivity contribution is -0.117. The van der Waals surface area contributed by atoms with Crippen molar-refractivity contribution in [1.82, 2.24) is 0 Å². The van der Waals surface area contributed by atoms with Crippen LogP contribution in [0.5, 0.6) is 0 Å². The number of alkyl halides is 1. The molecule has 0 aliphatic heterocycles. The maximum atomic E-state index is 11.6. The summed E-state index contributed by atoms with van der Waals surface area (Å²) in [6.45, 7) is 5.50. The van der Waals surface area contributed by atoms with Gasteiger partial charge in [-0.3, -0.25) is 4.79 Å². The average Bonchev–Trinajstić information content (AvgIpc) is 2.10. The molecule has 0 saturated heterocycles. The first-order valence-corrected chi connectivity index (χ1v) is 5.74. The van der Waals surface area contributed by atoms with Crippen LogP contribution in [0.2, 0.25) is 5.02 Å². The van der Waals surface area contributed by atoms with Gasteiger partial charge in [-0.15, -0.1) is 0 Å². The maximum absolute atomic E-state index is 11.6. The van der Waals surface area contributed by atoms with Gasteiger partial charge in [0.15, 0.2) is 0 Å². The predicted molar refractivity (Wildman–Crippen MR) is 67.8 cm³/mol. The van der Waals surface area contributed by atoms with Crippen LogP contribution < -0.4 is 5.32 Å². The van der Waals surface area contributed by atoms with Crippen LogP contribution in [0.15, 0.2) is 18.2 Å². The third-order valence-corrected chi connectivity index (χ3v) is 2.74. The lowest BCUT2D eigenvalue weighted by atomic mass is 10.2. The van der Waals surface area contributed by atoms with Gasteiger partial charge in [0, 0.05) is 10.7 Å². The van der Waals surface area contributed by atoms with Gasteiger partial charge < -0.3 is 5.32 Å². The Kier molecular flexibility index (Phi) is 3.79. The molecule has 0 aliphatic rings. The average molecular weight is 291 g/mol. The van der Waals surface area contributed by atoms with Crippen molar-refractivity contribution >= 4 is 39.1 Å². The molecule has 82 valence electrons. The van der Waals surface area contributed by atoms with Crippen molar-refractivity contribution in [3.05, 3.63) is 28.8 Å². The summed E-state index contributed by atoms with van der Waals surface area (Å²) in [5.41, 5.74) is 1.70. The molecule has 1 rings (SSSR count). The Morgan fingerprint density at radius 2 is 2.07 bits per heavy atom. The zero-order valence-corrected chi connectivity index (χ0v) is 11.2. The molecule has 0 spiro atoms. The number of hydrogen-bond donors (Lipinski definition) is 1. The van der Waals surface area contributed by atoms with Gasteiger partial charge in [0.25, 0.3) is 0 Å². The largest absolute Gasteiger partial charge is 0.325 e. The van der Waals surface area contributed by atoms with Crippen LogP contribution in [-0.2, 0) is 4.79 Å². The van der Waals surface area contributed by atoms with E-state index in [2.05, 4.69) is 21.2 Å². The van der Waals surface area contributed by atoms with Crippen molar-refractivity contribution < 1.29 is 4.79 Å². The molecule has 0 bridgehead atoms. The molecular weight excluding hydrogens is 277 g/mol. The van der Waals surface area contributed by atoms with Crippen molar-refractivity contribution in [2.24, 2.45) is 0 Å². The quantitative estimate of drug-likeness (QED) is 0.826. The molecule has 0 fully saturated rings. The molecule has 1 amide bonds. The van der Waals surface area contributed by atoms with Gasteiger partial charge in [0.2, 0.25) is 5.91 Å². The van der Waals surface area contributed by atoms with Crippen LogP contribution in [0, 0.1) is 6.92 Å². The molecule has 1 aromatic carbocycles. The highest BCUT2D eigenvalue weighted by atomic mass is 79.9. The van der Waals surface area contributed by atoms with E-state index >= 15 is 0 Å². The molecule has 0 aliphatic carbocycles. The van der Waals surface area contributed by atoms with Crippen LogP contribution in [0.4, 0.5) is 5.69 Å². The number of hydrogen-bond acceptors (Lipinski definition) is 1. The SMILES string of the molecule is Cc1ccc(NC(=O)C(C)(C)Br)cc1Cl. The molecule has 1 N–H and O–H groups in total. The maximum Gasteiger partial charge on any atom is 0.240 e. The number of amides is 1. The monoisotopic (exact) mass is 289 g/mol. The molecule has 0 radical (unpaired) electrons. The fourth-order valence-corrected chi connectivity index (χ4v) is 1.23. The molecule has 2 nitrogen and oxygen atoms in total. The Morgan fingerprint density at radius 1 is 1.47 bits per heavy atom. The minimum absolute atomic E-state index is 0.0950. The van der Waals surface area contributed by atoms with Crippen LogP contribution in [-0.4, -0.2) is 10.2 Å². The summed E-state index contributed by atoms with van der Waals surface area (Å²) in [5.74, 6) is -0.0950. The van der Waals surface area contributed by atoms with Crippen LogP contribution in [0.3, 0.4) is 0 Å². The first-order chi connectivity index (χ1) is 6.80. The van der Waals surface area contributed by atoms with E-state index in [1.807, 2.05) is 19.1 Å². The molecular formula is C11H13BrClNO. The third kappa shape index (κ3) is 3.50. The second kappa shape index (κ2) is 4.54. The number of carbonyl (C=O) groups excluding carboxylic acids is 1. The van der Waals surface area contributed by atoms with E-state index in [1.54, 1.807) is 19.9 Å². The summed E-state index contributed by atoms with van der Waals surface area (Å²) in [7, 11) is 0. The third-order valence-electron chi connectivity index (χ3n) is 1.97. The van der Waals surface area contributed by atoms with Crippen LogP contribution in [0.1, 0.15) is 19.4 Å². The Labute approximate surface area is 103 Å². The number of aryl methyl sites for hydroxylation is 1. The van der Waals surface area contributed by atoms with E-state index in [-0.39, 0.29) is 5.91 Å².